The predicted molar refractivity (Wildman–Crippen MR) is 108 cm³/mol. The van der Waals surface area contributed by atoms with Crippen molar-refractivity contribution in [3.8, 4) is 5.75 Å². The molecule has 0 aliphatic heterocycles. The highest BCUT2D eigenvalue weighted by Crippen LogP contribution is 2.25. The summed E-state index contributed by atoms with van der Waals surface area (Å²) in [7, 11) is 0. The van der Waals surface area contributed by atoms with Gasteiger partial charge in [-0.15, -0.1) is 11.3 Å². The van der Waals surface area contributed by atoms with Gasteiger partial charge in [-0.1, -0.05) is 42.5 Å². The normalized spacial score (nSPS) is 10.6. The largest absolute Gasteiger partial charge is 0.483 e. The van der Waals surface area contributed by atoms with Crippen LogP contribution in [0.4, 0.5) is 0 Å². The van der Waals surface area contributed by atoms with Crippen molar-refractivity contribution >= 4 is 33.9 Å². The quantitative estimate of drug-likeness (QED) is 0.649. The molecule has 5 nitrogen and oxygen atoms in total. The van der Waals surface area contributed by atoms with E-state index in [4.69, 9.17) is 4.74 Å². The van der Waals surface area contributed by atoms with E-state index in [1.807, 2.05) is 66.9 Å². The average Bonchev–Trinajstić information content (AvgIpc) is 3.22. The zero-order valence-electron chi connectivity index (χ0n) is 15.2. The molecule has 1 heterocycles. The van der Waals surface area contributed by atoms with E-state index in [9.17, 15) is 9.59 Å². The lowest BCUT2D eigenvalue weighted by Gasteiger charge is -2.20. The summed E-state index contributed by atoms with van der Waals surface area (Å²) < 4.78 is 5.74. The minimum absolute atomic E-state index is 0.0274. The number of carbonyl (C=O) groups excluding carboxylic acids is 2. The van der Waals surface area contributed by atoms with Crippen molar-refractivity contribution in [2.75, 3.05) is 19.7 Å². The van der Waals surface area contributed by atoms with Crippen LogP contribution in [0.3, 0.4) is 0 Å². The van der Waals surface area contributed by atoms with Crippen molar-refractivity contribution in [3.63, 3.8) is 0 Å². The minimum Gasteiger partial charge on any atom is -0.483 e. The molecule has 0 fully saturated rings. The van der Waals surface area contributed by atoms with Crippen molar-refractivity contribution in [3.05, 3.63) is 64.9 Å². The van der Waals surface area contributed by atoms with Crippen molar-refractivity contribution in [1.82, 2.24) is 10.2 Å². The van der Waals surface area contributed by atoms with Gasteiger partial charge in [-0.3, -0.25) is 9.59 Å². The number of carbonyl (C=O) groups is 2. The summed E-state index contributed by atoms with van der Waals surface area (Å²) in [5.74, 6) is 0.278. The summed E-state index contributed by atoms with van der Waals surface area (Å²) in [6.45, 7) is 2.71. The van der Waals surface area contributed by atoms with Crippen LogP contribution in [-0.4, -0.2) is 36.4 Å². The third-order valence-electron chi connectivity index (χ3n) is 4.21. The molecule has 2 aromatic carbocycles. The molecule has 0 saturated carbocycles. The molecule has 0 bridgehead atoms. The Morgan fingerprint density at radius 3 is 2.67 bits per heavy atom. The number of thiophene rings is 1. The maximum atomic E-state index is 12.5. The molecule has 1 aromatic heterocycles. The average molecular weight is 382 g/mol. The second-order valence-electron chi connectivity index (χ2n) is 6.03. The molecule has 3 rings (SSSR count). The SMILES string of the molecule is CCN(CC(=O)NCc1cccs1)C(=O)COc1cccc2ccccc12. The molecular weight excluding hydrogens is 360 g/mol. The number of ether oxygens (including phenoxy) is 1. The number of rotatable bonds is 8. The Hall–Kier alpha value is -2.86. The first-order valence-electron chi connectivity index (χ1n) is 8.84. The molecule has 0 radical (unpaired) electrons. The van der Waals surface area contributed by atoms with Gasteiger partial charge in [0.05, 0.1) is 13.1 Å². The lowest BCUT2D eigenvalue weighted by molar-refractivity contribution is -0.137. The number of hydrogen-bond acceptors (Lipinski definition) is 4. The second kappa shape index (κ2) is 9.19. The Kier molecular flexibility index (Phi) is 6.44. The van der Waals surface area contributed by atoms with Crippen LogP contribution in [0, 0.1) is 0 Å². The molecule has 3 aromatic rings. The van der Waals surface area contributed by atoms with E-state index in [1.54, 1.807) is 11.3 Å². The van der Waals surface area contributed by atoms with Crippen molar-refractivity contribution in [2.24, 2.45) is 0 Å². The molecule has 0 spiro atoms. The second-order valence-corrected chi connectivity index (χ2v) is 7.06. The highest BCUT2D eigenvalue weighted by Gasteiger charge is 2.16. The Labute approximate surface area is 162 Å². The topological polar surface area (TPSA) is 58.6 Å². The fourth-order valence-electron chi connectivity index (χ4n) is 2.76. The molecule has 0 atom stereocenters. The van der Waals surface area contributed by atoms with E-state index in [2.05, 4.69) is 5.32 Å². The predicted octanol–water partition coefficient (Wildman–Crippen LogP) is 3.45. The van der Waals surface area contributed by atoms with E-state index >= 15 is 0 Å². The van der Waals surface area contributed by atoms with E-state index in [-0.39, 0.29) is 25.0 Å². The van der Waals surface area contributed by atoms with Crippen LogP contribution in [0.2, 0.25) is 0 Å². The third-order valence-corrected chi connectivity index (χ3v) is 5.09. The number of hydrogen-bond donors (Lipinski definition) is 1. The van der Waals surface area contributed by atoms with Gasteiger partial charge in [-0.25, -0.2) is 0 Å². The van der Waals surface area contributed by atoms with Gasteiger partial charge in [-0.05, 0) is 29.8 Å². The maximum Gasteiger partial charge on any atom is 0.260 e. The summed E-state index contributed by atoms with van der Waals surface area (Å²) in [6.07, 6.45) is 0. The maximum absolute atomic E-state index is 12.5. The lowest BCUT2D eigenvalue weighted by atomic mass is 10.1. The van der Waals surface area contributed by atoms with E-state index in [0.29, 0.717) is 18.8 Å². The van der Waals surface area contributed by atoms with Gasteiger partial charge in [-0.2, -0.15) is 0 Å². The van der Waals surface area contributed by atoms with E-state index in [1.165, 1.54) is 4.90 Å². The van der Waals surface area contributed by atoms with Crippen molar-refractivity contribution < 1.29 is 14.3 Å². The van der Waals surface area contributed by atoms with Crippen LogP contribution < -0.4 is 10.1 Å². The summed E-state index contributed by atoms with van der Waals surface area (Å²) in [5.41, 5.74) is 0. The summed E-state index contributed by atoms with van der Waals surface area (Å²) in [6, 6.07) is 17.5. The molecule has 0 aliphatic rings. The monoisotopic (exact) mass is 382 g/mol. The Morgan fingerprint density at radius 1 is 1.07 bits per heavy atom. The molecule has 27 heavy (non-hydrogen) atoms. The Bertz CT molecular complexity index is 903. The van der Waals surface area contributed by atoms with Crippen LogP contribution in [0.5, 0.6) is 5.75 Å². The Balaban J connectivity index is 1.54. The number of nitrogens with one attached hydrogen (secondary N) is 1. The van der Waals surface area contributed by atoms with E-state index < -0.39 is 0 Å². The van der Waals surface area contributed by atoms with Gasteiger partial charge in [0.2, 0.25) is 5.91 Å². The molecule has 1 N–H and O–H groups in total. The number of fused-ring (bicyclic) bond motifs is 1. The molecule has 0 unspecified atom stereocenters. The first-order chi connectivity index (χ1) is 13.2. The standard InChI is InChI=1S/C21H22N2O3S/c1-2-23(14-20(24)22-13-17-9-6-12-27-17)21(25)15-26-19-11-5-8-16-7-3-4-10-18(16)19/h3-12H,2,13-15H2,1H3,(H,22,24). The van der Waals surface area contributed by atoms with Gasteiger partial charge in [0.15, 0.2) is 6.61 Å². The van der Waals surface area contributed by atoms with Crippen LogP contribution in [-0.2, 0) is 16.1 Å². The summed E-state index contributed by atoms with van der Waals surface area (Å²) in [5, 5.41) is 6.83. The first kappa shape index (κ1) is 18.9. The van der Waals surface area contributed by atoms with Crippen LogP contribution in [0.15, 0.2) is 60.0 Å². The van der Waals surface area contributed by atoms with Crippen LogP contribution in [0.1, 0.15) is 11.8 Å². The third kappa shape index (κ3) is 5.08. The molecule has 2 amide bonds. The zero-order valence-corrected chi connectivity index (χ0v) is 16.0. The molecule has 6 heteroatoms. The number of amides is 2. The van der Waals surface area contributed by atoms with Gasteiger partial charge < -0.3 is 15.0 Å². The summed E-state index contributed by atoms with van der Waals surface area (Å²) >= 11 is 1.59. The van der Waals surface area contributed by atoms with Crippen molar-refractivity contribution in [2.45, 2.75) is 13.5 Å². The molecule has 0 aliphatic carbocycles. The number of likely N-dealkylation sites (N-methyl/N-ethyl adjacent to an activating group) is 1. The lowest BCUT2D eigenvalue weighted by Crippen LogP contribution is -2.42. The number of nitrogens with zero attached hydrogens (tertiary/aromatic N) is 1. The molecule has 0 saturated heterocycles. The number of benzene rings is 2. The smallest absolute Gasteiger partial charge is 0.260 e. The van der Waals surface area contributed by atoms with Crippen LogP contribution >= 0.6 is 11.3 Å². The molecular formula is C21H22N2O3S. The fourth-order valence-corrected chi connectivity index (χ4v) is 3.40. The highest BCUT2D eigenvalue weighted by molar-refractivity contribution is 7.09. The minimum atomic E-state index is -0.211. The van der Waals surface area contributed by atoms with Gasteiger partial charge in [0.25, 0.3) is 5.91 Å². The van der Waals surface area contributed by atoms with Gasteiger partial charge >= 0.3 is 0 Å². The van der Waals surface area contributed by atoms with Gasteiger partial charge in [0.1, 0.15) is 5.75 Å². The highest BCUT2D eigenvalue weighted by atomic mass is 32.1. The first-order valence-corrected chi connectivity index (χ1v) is 9.72. The molecule has 140 valence electrons. The Morgan fingerprint density at radius 2 is 1.89 bits per heavy atom. The van der Waals surface area contributed by atoms with Crippen LogP contribution in [0.25, 0.3) is 10.8 Å². The van der Waals surface area contributed by atoms with Crippen molar-refractivity contribution in [1.29, 1.82) is 0 Å². The zero-order chi connectivity index (χ0) is 19.1. The fraction of sp³-hybridized carbons (Fsp3) is 0.238. The van der Waals surface area contributed by atoms with E-state index in [0.717, 1.165) is 15.6 Å². The summed E-state index contributed by atoms with van der Waals surface area (Å²) in [4.78, 5) is 27.2. The van der Waals surface area contributed by atoms with Gasteiger partial charge in [0, 0.05) is 16.8 Å².